The van der Waals surface area contributed by atoms with Gasteiger partial charge in [0, 0.05) is 16.6 Å². The second-order valence-electron chi connectivity index (χ2n) is 5.42. The number of fused-ring (bicyclic) bond motifs is 1. The molecule has 4 aromatic rings. The second-order valence-corrected chi connectivity index (χ2v) is 6.21. The van der Waals surface area contributed by atoms with Crippen LogP contribution in [-0.4, -0.2) is 20.2 Å². The summed E-state index contributed by atoms with van der Waals surface area (Å²) in [5, 5.41) is 11.5. The van der Waals surface area contributed by atoms with Crippen LogP contribution in [0.25, 0.3) is 22.3 Å². The maximum Gasteiger partial charge on any atom is 0.167 e. The summed E-state index contributed by atoms with van der Waals surface area (Å²) >= 11 is 3.54. The quantitative estimate of drug-likeness (QED) is 0.534. The number of anilines is 2. The lowest BCUT2D eigenvalue weighted by molar-refractivity contribution is 1.05. The van der Waals surface area contributed by atoms with Gasteiger partial charge in [0.25, 0.3) is 0 Å². The van der Waals surface area contributed by atoms with Crippen molar-refractivity contribution in [3.05, 3.63) is 64.8 Å². The first-order chi connectivity index (χ1) is 11.7. The molecule has 5 nitrogen and oxygen atoms in total. The topological polar surface area (TPSA) is 66.5 Å². The third-order valence-electron chi connectivity index (χ3n) is 3.74. The smallest absolute Gasteiger partial charge is 0.167 e. The maximum atomic E-state index is 4.72. The molecule has 0 fully saturated rings. The van der Waals surface area contributed by atoms with Gasteiger partial charge >= 0.3 is 0 Å². The highest BCUT2D eigenvalue weighted by Gasteiger charge is 2.13. The fraction of sp³-hybridized carbons (Fsp3) is 0.0556. The number of para-hydroxylation sites is 1. The minimum absolute atomic E-state index is 0.681. The number of hydrogen-bond donors (Lipinski definition) is 2. The van der Waals surface area contributed by atoms with Crippen LogP contribution in [0, 0.1) is 6.92 Å². The van der Waals surface area contributed by atoms with E-state index in [9.17, 15) is 0 Å². The highest BCUT2D eigenvalue weighted by atomic mass is 79.9. The van der Waals surface area contributed by atoms with Crippen LogP contribution in [0.5, 0.6) is 0 Å². The highest BCUT2D eigenvalue weighted by Crippen LogP contribution is 2.30. The molecule has 2 aromatic heterocycles. The van der Waals surface area contributed by atoms with Crippen molar-refractivity contribution in [2.75, 3.05) is 5.32 Å². The molecule has 2 heterocycles. The summed E-state index contributed by atoms with van der Waals surface area (Å²) in [6.45, 7) is 1.95. The van der Waals surface area contributed by atoms with Crippen LogP contribution < -0.4 is 5.32 Å². The number of nitrogens with zero attached hydrogens (tertiary/aromatic N) is 3. The van der Waals surface area contributed by atoms with Gasteiger partial charge in [0.2, 0.25) is 0 Å². The molecule has 0 saturated heterocycles. The van der Waals surface area contributed by atoms with Crippen molar-refractivity contribution in [1.82, 2.24) is 20.2 Å². The zero-order valence-corrected chi connectivity index (χ0v) is 14.5. The second kappa shape index (κ2) is 6.05. The Balaban J connectivity index is 1.88. The standard InChI is InChI=1S/C18H14BrN5/c1-11-15(19)18(24-23-11)22-17-13-9-5-6-10-14(13)20-16(21-17)12-7-3-2-4-8-12/h2-10H,1H3,(H2,20,21,22,23,24). The van der Waals surface area contributed by atoms with Crippen LogP contribution >= 0.6 is 15.9 Å². The lowest BCUT2D eigenvalue weighted by Crippen LogP contribution is -2.00. The molecule has 24 heavy (non-hydrogen) atoms. The molecule has 0 aliphatic rings. The predicted octanol–water partition coefficient (Wildman–Crippen LogP) is 4.83. The Bertz CT molecular complexity index is 1010. The Hall–Kier alpha value is -2.73. The number of aryl methyl sites for hydroxylation is 1. The number of rotatable bonds is 3. The molecule has 0 amide bonds. The molecule has 0 unspecified atom stereocenters. The lowest BCUT2D eigenvalue weighted by atomic mass is 10.2. The van der Waals surface area contributed by atoms with E-state index in [0.29, 0.717) is 11.6 Å². The Morgan fingerprint density at radius 1 is 0.917 bits per heavy atom. The molecular formula is C18H14BrN5. The van der Waals surface area contributed by atoms with Crippen molar-refractivity contribution in [3.63, 3.8) is 0 Å². The molecule has 0 radical (unpaired) electrons. The first kappa shape index (κ1) is 14.8. The van der Waals surface area contributed by atoms with Gasteiger partial charge in [-0.1, -0.05) is 42.5 Å². The maximum absolute atomic E-state index is 4.72. The monoisotopic (exact) mass is 379 g/mol. The molecule has 6 heteroatoms. The van der Waals surface area contributed by atoms with Crippen LogP contribution in [0.3, 0.4) is 0 Å². The third-order valence-corrected chi connectivity index (χ3v) is 4.71. The van der Waals surface area contributed by atoms with Crippen LogP contribution in [0.1, 0.15) is 5.69 Å². The van der Waals surface area contributed by atoms with Crippen LogP contribution in [0.2, 0.25) is 0 Å². The number of H-pyrrole nitrogens is 1. The van der Waals surface area contributed by atoms with Crippen LogP contribution in [-0.2, 0) is 0 Å². The fourth-order valence-corrected chi connectivity index (χ4v) is 2.78. The van der Waals surface area contributed by atoms with E-state index in [0.717, 1.165) is 32.5 Å². The Morgan fingerprint density at radius 2 is 1.67 bits per heavy atom. The third kappa shape index (κ3) is 2.65. The van der Waals surface area contributed by atoms with Gasteiger partial charge in [0.05, 0.1) is 9.99 Å². The van der Waals surface area contributed by atoms with E-state index in [1.54, 1.807) is 0 Å². The van der Waals surface area contributed by atoms with Crippen LogP contribution in [0.15, 0.2) is 59.1 Å². The number of halogens is 1. The van der Waals surface area contributed by atoms with Gasteiger partial charge in [-0.05, 0) is 35.0 Å². The van der Waals surface area contributed by atoms with Crippen molar-refractivity contribution in [3.8, 4) is 11.4 Å². The highest BCUT2D eigenvalue weighted by molar-refractivity contribution is 9.10. The van der Waals surface area contributed by atoms with Gasteiger partial charge in [0.15, 0.2) is 11.6 Å². The minimum Gasteiger partial charge on any atom is -0.322 e. The van der Waals surface area contributed by atoms with Gasteiger partial charge in [0.1, 0.15) is 5.82 Å². The van der Waals surface area contributed by atoms with E-state index in [2.05, 4.69) is 36.4 Å². The van der Waals surface area contributed by atoms with Crippen molar-refractivity contribution in [1.29, 1.82) is 0 Å². The first-order valence-corrected chi connectivity index (χ1v) is 8.31. The fourth-order valence-electron chi connectivity index (χ4n) is 2.50. The molecule has 2 N–H and O–H groups in total. The zero-order valence-electron chi connectivity index (χ0n) is 12.9. The van der Waals surface area contributed by atoms with E-state index >= 15 is 0 Å². The van der Waals surface area contributed by atoms with Gasteiger partial charge in [-0.3, -0.25) is 5.10 Å². The van der Waals surface area contributed by atoms with Crippen LogP contribution in [0.4, 0.5) is 11.6 Å². The summed E-state index contributed by atoms with van der Waals surface area (Å²) in [7, 11) is 0. The molecule has 118 valence electrons. The van der Waals surface area contributed by atoms with Gasteiger partial charge in [-0.15, -0.1) is 0 Å². The minimum atomic E-state index is 0.681. The molecule has 0 atom stereocenters. The number of aromatic nitrogens is 4. The van der Waals surface area contributed by atoms with E-state index in [-0.39, 0.29) is 0 Å². The van der Waals surface area contributed by atoms with Crippen molar-refractivity contribution >= 4 is 38.5 Å². The lowest BCUT2D eigenvalue weighted by Gasteiger charge is -2.10. The zero-order chi connectivity index (χ0) is 16.5. The largest absolute Gasteiger partial charge is 0.322 e. The number of nitrogens with one attached hydrogen (secondary N) is 2. The summed E-state index contributed by atoms with van der Waals surface area (Å²) in [5.74, 6) is 2.11. The van der Waals surface area contributed by atoms with Crippen molar-refractivity contribution in [2.45, 2.75) is 6.92 Å². The molecule has 2 aromatic carbocycles. The van der Waals surface area contributed by atoms with E-state index in [1.165, 1.54) is 0 Å². The Labute approximate surface area is 147 Å². The SMILES string of the molecule is Cc1[nH]nc(Nc2nc(-c3ccccc3)nc3ccccc23)c1Br. The number of benzene rings is 2. The molecular weight excluding hydrogens is 366 g/mol. The predicted molar refractivity (Wildman–Crippen MR) is 99.3 cm³/mol. The number of hydrogen-bond acceptors (Lipinski definition) is 4. The van der Waals surface area contributed by atoms with Gasteiger partial charge in [-0.25, -0.2) is 9.97 Å². The molecule has 0 aliphatic carbocycles. The van der Waals surface area contributed by atoms with Gasteiger partial charge in [-0.2, -0.15) is 5.10 Å². The van der Waals surface area contributed by atoms with Crippen molar-refractivity contribution < 1.29 is 0 Å². The average molecular weight is 380 g/mol. The van der Waals surface area contributed by atoms with Crippen molar-refractivity contribution in [2.24, 2.45) is 0 Å². The molecule has 0 bridgehead atoms. The Morgan fingerprint density at radius 3 is 2.42 bits per heavy atom. The summed E-state index contributed by atoms with van der Waals surface area (Å²) in [5.41, 5.74) is 2.82. The Kier molecular flexibility index (Phi) is 3.74. The molecule has 0 spiro atoms. The summed E-state index contributed by atoms with van der Waals surface area (Å²) in [4.78, 5) is 9.40. The van der Waals surface area contributed by atoms with E-state index in [1.807, 2.05) is 61.5 Å². The van der Waals surface area contributed by atoms with E-state index in [4.69, 9.17) is 4.98 Å². The molecule has 0 aliphatic heterocycles. The normalized spacial score (nSPS) is 10.9. The molecule has 4 rings (SSSR count). The summed E-state index contributed by atoms with van der Waals surface area (Å²) in [6, 6.07) is 17.9. The summed E-state index contributed by atoms with van der Waals surface area (Å²) < 4.78 is 0.895. The number of aromatic amines is 1. The average Bonchev–Trinajstić information content (AvgIpc) is 2.94. The molecule has 0 saturated carbocycles. The summed E-state index contributed by atoms with van der Waals surface area (Å²) in [6.07, 6.45) is 0. The van der Waals surface area contributed by atoms with Gasteiger partial charge < -0.3 is 5.32 Å². The van der Waals surface area contributed by atoms with E-state index < -0.39 is 0 Å². The first-order valence-electron chi connectivity index (χ1n) is 7.52.